The van der Waals surface area contributed by atoms with E-state index >= 15 is 0 Å². The summed E-state index contributed by atoms with van der Waals surface area (Å²) in [5.74, 6) is -0.119. The van der Waals surface area contributed by atoms with Crippen LogP contribution in [-0.4, -0.2) is 31.9 Å². The Hall–Kier alpha value is -1.56. The highest BCUT2D eigenvalue weighted by Gasteiger charge is 2.13. The Labute approximate surface area is 114 Å². The molecule has 1 rings (SSSR count). The highest BCUT2D eigenvalue weighted by atomic mass is 32.2. The second-order valence-electron chi connectivity index (χ2n) is 4.58. The third-order valence-electron chi connectivity index (χ3n) is 2.69. The molecule has 0 aromatic heterocycles. The van der Waals surface area contributed by atoms with Gasteiger partial charge in [-0.1, -0.05) is 19.1 Å². The van der Waals surface area contributed by atoms with E-state index in [1.165, 1.54) is 0 Å². The Bertz CT molecular complexity index is 523. The van der Waals surface area contributed by atoms with Crippen LogP contribution in [0, 0.1) is 0 Å². The first-order chi connectivity index (χ1) is 8.82. The molecule has 6 heteroatoms. The molecule has 0 saturated carbocycles. The molecule has 5 nitrogen and oxygen atoms in total. The summed E-state index contributed by atoms with van der Waals surface area (Å²) in [5, 5.41) is 3.12. The van der Waals surface area contributed by atoms with Gasteiger partial charge in [0.05, 0.1) is 12.2 Å². The molecule has 1 atom stereocenters. The Balaban J connectivity index is 2.60. The van der Waals surface area contributed by atoms with E-state index in [1.54, 1.807) is 19.1 Å². The number of nitrogens with one attached hydrogen (secondary N) is 1. The van der Waals surface area contributed by atoms with Gasteiger partial charge in [-0.25, -0.2) is 8.42 Å². The lowest BCUT2D eigenvalue weighted by molar-refractivity contribution is -0.117. The van der Waals surface area contributed by atoms with E-state index in [-0.39, 0.29) is 29.9 Å². The SMILES string of the molecule is CCS(=O)(=O)CC(C)Nc1ccc(CC(N)=O)cc1. The van der Waals surface area contributed by atoms with Crippen LogP contribution < -0.4 is 11.1 Å². The maximum atomic E-state index is 11.5. The summed E-state index contributed by atoms with van der Waals surface area (Å²) in [6.07, 6.45) is 0.208. The molecule has 19 heavy (non-hydrogen) atoms. The van der Waals surface area contributed by atoms with Crippen molar-refractivity contribution in [3.05, 3.63) is 29.8 Å². The molecule has 0 saturated heterocycles. The zero-order chi connectivity index (χ0) is 14.5. The van der Waals surface area contributed by atoms with Crippen molar-refractivity contribution in [3.8, 4) is 0 Å². The average Bonchev–Trinajstić information content (AvgIpc) is 2.30. The lowest BCUT2D eigenvalue weighted by Crippen LogP contribution is -2.26. The highest BCUT2D eigenvalue weighted by molar-refractivity contribution is 7.91. The Morgan fingerprint density at radius 2 is 1.89 bits per heavy atom. The molecular formula is C13H20N2O3S. The van der Waals surface area contributed by atoms with Gasteiger partial charge < -0.3 is 11.1 Å². The summed E-state index contributed by atoms with van der Waals surface area (Å²) in [6, 6.07) is 7.06. The van der Waals surface area contributed by atoms with Gasteiger partial charge in [0.15, 0.2) is 9.84 Å². The smallest absolute Gasteiger partial charge is 0.221 e. The van der Waals surface area contributed by atoms with Gasteiger partial charge in [0.2, 0.25) is 5.91 Å². The number of nitrogens with two attached hydrogens (primary N) is 1. The molecule has 0 aliphatic carbocycles. The number of carbonyl (C=O) groups excluding carboxylic acids is 1. The molecule has 0 fully saturated rings. The fourth-order valence-corrected chi connectivity index (χ4v) is 2.83. The third kappa shape index (κ3) is 5.74. The van der Waals surface area contributed by atoms with Crippen molar-refractivity contribution in [2.45, 2.75) is 26.3 Å². The van der Waals surface area contributed by atoms with E-state index in [2.05, 4.69) is 5.32 Å². The molecule has 0 bridgehead atoms. The molecule has 0 aliphatic heterocycles. The van der Waals surface area contributed by atoms with Gasteiger partial charge in [-0.3, -0.25) is 4.79 Å². The van der Waals surface area contributed by atoms with Crippen LogP contribution in [0.1, 0.15) is 19.4 Å². The van der Waals surface area contributed by atoms with Crippen molar-refractivity contribution in [2.75, 3.05) is 16.8 Å². The van der Waals surface area contributed by atoms with Crippen molar-refractivity contribution in [1.29, 1.82) is 0 Å². The fourth-order valence-electron chi connectivity index (χ4n) is 1.74. The van der Waals surface area contributed by atoms with E-state index in [4.69, 9.17) is 5.73 Å². The van der Waals surface area contributed by atoms with Crippen LogP contribution in [0.5, 0.6) is 0 Å². The number of amides is 1. The fraction of sp³-hybridized carbons (Fsp3) is 0.462. The van der Waals surface area contributed by atoms with E-state index < -0.39 is 9.84 Å². The maximum Gasteiger partial charge on any atom is 0.221 e. The number of benzene rings is 1. The van der Waals surface area contributed by atoms with Crippen LogP contribution in [0.3, 0.4) is 0 Å². The van der Waals surface area contributed by atoms with Gasteiger partial charge in [0, 0.05) is 17.5 Å². The number of primary amides is 1. The van der Waals surface area contributed by atoms with Crippen molar-refractivity contribution in [2.24, 2.45) is 5.73 Å². The standard InChI is InChI=1S/C13H20N2O3S/c1-3-19(17,18)9-10(2)15-12-6-4-11(5-7-12)8-13(14)16/h4-7,10,15H,3,8-9H2,1-2H3,(H2,14,16). The number of carbonyl (C=O) groups is 1. The maximum absolute atomic E-state index is 11.5. The Morgan fingerprint density at radius 3 is 2.37 bits per heavy atom. The second kappa shape index (κ2) is 6.56. The minimum atomic E-state index is -2.99. The molecule has 0 aliphatic rings. The summed E-state index contributed by atoms with van der Waals surface area (Å²) in [6.45, 7) is 3.46. The summed E-state index contributed by atoms with van der Waals surface area (Å²) in [4.78, 5) is 10.8. The summed E-state index contributed by atoms with van der Waals surface area (Å²) < 4.78 is 23.0. The molecule has 0 spiro atoms. The molecule has 1 unspecified atom stereocenters. The summed E-state index contributed by atoms with van der Waals surface area (Å²) in [7, 11) is -2.99. The first kappa shape index (κ1) is 15.5. The predicted molar refractivity (Wildman–Crippen MR) is 76.8 cm³/mol. The molecule has 0 radical (unpaired) electrons. The molecule has 0 heterocycles. The van der Waals surface area contributed by atoms with Crippen LogP contribution in [0.15, 0.2) is 24.3 Å². The number of hydrogen-bond acceptors (Lipinski definition) is 4. The largest absolute Gasteiger partial charge is 0.382 e. The predicted octanol–water partition coefficient (Wildman–Crippen LogP) is 0.950. The van der Waals surface area contributed by atoms with E-state index in [0.717, 1.165) is 11.3 Å². The van der Waals surface area contributed by atoms with Gasteiger partial charge in [0.25, 0.3) is 0 Å². The number of rotatable bonds is 7. The van der Waals surface area contributed by atoms with Gasteiger partial charge in [-0.15, -0.1) is 0 Å². The van der Waals surface area contributed by atoms with Crippen molar-refractivity contribution in [3.63, 3.8) is 0 Å². The molecule has 1 aromatic carbocycles. The highest BCUT2D eigenvalue weighted by Crippen LogP contribution is 2.12. The normalized spacial score (nSPS) is 12.9. The van der Waals surface area contributed by atoms with Crippen LogP contribution in [0.4, 0.5) is 5.69 Å². The second-order valence-corrected chi connectivity index (χ2v) is 6.98. The lowest BCUT2D eigenvalue weighted by atomic mass is 10.1. The molecule has 1 amide bonds. The zero-order valence-electron chi connectivity index (χ0n) is 11.2. The minimum absolute atomic E-state index is 0.104. The van der Waals surface area contributed by atoms with Gasteiger partial charge in [-0.05, 0) is 24.6 Å². The van der Waals surface area contributed by atoms with Crippen LogP contribution in [0.25, 0.3) is 0 Å². The van der Waals surface area contributed by atoms with Crippen molar-refractivity contribution >= 4 is 21.4 Å². The third-order valence-corrected chi connectivity index (χ3v) is 4.58. The number of sulfone groups is 1. The quantitative estimate of drug-likeness (QED) is 0.780. The van der Waals surface area contributed by atoms with Crippen LogP contribution in [0.2, 0.25) is 0 Å². The van der Waals surface area contributed by atoms with E-state index in [0.29, 0.717) is 0 Å². The molecule has 106 valence electrons. The van der Waals surface area contributed by atoms with Crippen LogP contribution in [-0.2, 0) is 21.1 Å². The van der Waals surface area contributed by atoms with Crippen LogP contribution >= 0.6 is 0 Å². The van der Waals surface area contributed by atoms with Crippen molar-refractivity contribution < 1.29 is 13.2 Å². The minimum Gasteiger partial charge on any atom is -0.382 e. The van der Waals surface area contributed by atoms with Gasteiger partial charge in [-0.2, -0.15) is 0 Å². The first-order valence-electron chi connectivity index (χ1n) is 6.16. The van der Waals surface area contributed by atoms with Crippen molar-refractivity contribution in [1.82, 2.24) is 0 Å². The Morgan fingerprint density at radius 1 is 1.32 bits per heavy atom. The summed E-state index contributed by atoms with van der Waals surface area (Å²) >= 11 is 0. The van der Waals surface area contributed by atoms with Gasteiger partial charge >= 0.3 is 0 Å². The van der Waals surface area contributed by atoms with Gasteiger partial charge in [0.1, 0.15) is 0 Å². The lowest BCUT2D eigenvalue weighted by Gasteiger charge is -2.15. The zero-order valence-corrected chi connectivity index (χ0v) is 12.0. The molecule has 3 N–H and O–H groups in total. The molecule has 1 aromatic rings. The average molecular weight is 284 g/mol. The van der Waals surface area contributed by atoms with E-state index in [9.17, 15) is 13.2 Å². The topological polar surface area (TPSA) is 89.3 Å². The number of anilines is 1. The summed E-state index contributed by atoms with van der Waals surface area (Å²) in [5.41, 5.74) is 6.77. The Kier molecular flexibility index (Phi) is 5.35. The molecular weight excluding hydrogens is 264 g/mol. The van der Waals surface area contributed by atoms with E-state index in [1.807, 2.05) is 19.1 Å². The monoisotopic (exact) mass is 284 g/mol. The first-order valence-corrected chi connectivity index (χ1v) is 7.98. The number of hydrogen-bond donors (Lipinski definition) is 2.